The van der Waals surface area contributed by atoms with E-state index in [1.165, 1.54) is 11.1 Å². The van der Waals surface area contributed by atoms with Gasteiger partial charge in [-0.2, -0.15) is 0 Å². The van der Waals surface area contributed by atoms with Crippen LogP contribution < -0.4 is 5.32 Å². The third kappa shape index (κ3) is 3.42. The summed E-state index contributed by atoms with van der Waals surface area (Å²) in [5.74, 6) is -0.716. The van der Waals surface area contributed by atoms with Gasteiger partial charge in [-0.05, 0) is 47.9 Å². The van der Waals surface area contributed by atoms with E-state index in [2.05, 4.69) is 29.6 Å². The molecule has 2 aromatic rings. The van der Waals surface area contributed by atoms with Gasteiger partial charge in [0.25, 0.3) is 0 Å². The molecular formula is C22H23NO4. The molecule has 2 aliphatic carbocycles. The molecule has 1 amide bonds. The van der Waals surface area contributed by atoms with E-state index >= 15 is 0 Å². The molecule has 4 rings (SSSR count). The molecule has 0 radical (unpaired) electrons. The highest BCUT2D eigenvalue weighted by Crippen LogP contribution is 2.45. The third-order valence-corrected chi connectivity index (χ3v) is 5.73. The molecule has 2 aliphatic rings. The van der Waals surface area contributed by atoms with Crippen LogP contribution in [0.3, 0.4) is 0 Å². The fraction of sp³-hybridized carbons (Fsp3) is 0.364. The van der Waals surface area contributed by atoms with Crippen LogP contribution in [0.1, 0.15) is 43.2 Å². The van der Waals surface area contributed by atoms with Crippen LogP contribution in [0.15, 0.2) is 48.5 Å². The number of fused-ring (bicyclic) bond motifs is 3. The molecule has 0 bridgehead atoms. The second-order valence-electron chi connectivity index (χ2n) is 7.71. The van der Waals surface area contributed by atoms with Crippen molar-refractivity contribution in [2.45, 2.75) is 37.6 Å². The Balaban J connectivity index is 1.47. The second-order valence-corrected chi connectivity index (χ2v) is 7.71. The van der Waals surface area contributed by atoms with Crippen LogP contribution in [0.2, 0.25) is 0 Å². The molecule has 2 aromatic carbocycles. The summed E-state index contributed by atoms with van der Waals surface area (Å²) in [6.45, 7) is 2.02. The van der Waals surface area contributed by atoms with Crippen LogP contribution in [-0.2, 0) is 9.53 Å². The van der Waals surface area contributed by atoms with Crippen LogP contribution in [0.5, 0.6) is 0 Å². The van der Waals surface area contributed by atoms with Crippen molar-refractivity contribution < 1.29 is 19.4 Å². The molecule has 27 heavy (non-hydrogen) atoms. The summed E-state index contributed by atoms with van der Waals surface area (Å²) in [5.41, 5.74) is 3.91. The minimum absolute atomic E-state index is 0.00481. The number of amides is 1. The van der Waals surface area contributed by atoms with Gasteiger partial charge in [-0.3, -0.25) is 4.79 Å². The van der Waals surface area contributed by atoms with E-state index in [-0.39, 0.29) is 24.9 Å². The van der Waals surface area contributed by atoms with Crippen molar-refractivity contribution in [3.8, 4) is 11.1 Å². The SMILES string of the molecule is CC(CC(=O)O)(NC(=O)OCC1c2ccccc2-c2ccccc21)C1CC1. The van der Waals surface area contributed by atoms with Gasteiger partial charge in [0, 0.05) is 5.92 Å². The fourth-order valence-electron chi connectivity index (χ4n) is 4.19. The first-order chi connectivity index (χ1) is 13.0. The molecule has 0 aromatic heterocycles. The van der Waals surface area contributed by atoms with Crippen LogP contribution in [0.4, 0.5) is 4.79 Å². The van der Waals surface area contributed by atoms with Gasteiger partial charge in [0.2, 0.25) is 0 Å². The number of carboxylic acid groups (broad SMARTS) is 1. The van der Waals surface area contributed by atoms with E-state index in [0.29, 0.717) is 0 Å². The monoisotopic (exact) mass is 365 g/mol. The Morgan fingerprint density at radius 2 is 1.63 bits per heavy atom. The highest BCUT2D eigenvalue weighted by molar-refractivity contribution is 5.79. The lowest BCUT2D eigenvalue weighted by Gasteiger charge is -2.29. The van der Waals surface area contributed by atoms with E-state index in [9.17, 15) is 9.59 Å². The Bertz CT molecular complexity index is 844. The van der Waals surface area contributed by atoms with Crippen molar-refractivity contribution >= 4 is 12.1 Å². The summed E-state index contributed by atoms with van der Waals surface area (Å²) >= 11 is 0. The van der Waals surface area contributed by atoms with Crippen LogP contribution in [0.25, 0.3) is 11.1 Å². The molecule has 0 heterocycles. The van der Waals surface area contributed by atoms with E-state index in [1.807, 2.05) is 24.3 Å². The number of nitrogens with one attached hydrogen (secondary N) is 1. The molecule has 5 heteroatoms. The number of carbonyl (C=O) groups excluding carboxylic acids is 1. The molecule has 0 aliphatic heterocycles. The maximum Gasteiger partial charge on any atom is 0.407 e. The van der Waals surface area contributed by atoms with Gasteiger partial charge in [-0.1, -0.05) is 48.5 Å². The zero-order chi connectivity index (χ0) is 19.0. The third-order valence-electron chi connectivity index (χ3n) is 5.73. The smallest absolute Gasteiger partial charge is 0.407 e. The number of benzene rings is 2. The molecule has 1 atom stereocenters. The number of hydrogen-bond donors (Lipinski definition) is 2. The first-order valence-electron chi connectivity index (χ1n) is 9.33. The van der Waals surface area contributed by atoms with Crippen molar-refractivity contribution in [2.24, 2.45) is 5.92 Å². The summed E-state index contributed by atoms with van der Waals surface area (Å²) in [6, 6.07) is 16.3. The van der Waals surface area contributed by atoms with Gasteiger partial charge < -0.3 is 15.2 Å². The average molecular weight is 365 g/mol. The highest BCUT2D eigenvalue weighted by Gasteiger charge is 2.44. The number of hydrogen-bond acceptors (Lipinski definition) is 3. The van der Waals surface area contributed by atoms with Gasteiger partial charge in [0.1, 0.15) is 6.61 Å². The summed E-state index contributed by atoms with van der Waals surface area (Å²) in [7, 11) is 0. The fourth-order valence-corrected chi connectivity index (χ4v) is 4.19. The Kier molecular flexibility index (Phi) is 4.38. The minimum Gasteiger partial charge on any atom is -0.481 e. The summed E-state index contributed by atoms with van der Waals surface area (Å²) in [4.78, 5) is 23.6. The van der Waals surface area contributed by atoms with Crippen molar-refractivity contribution in [3.63, 3.8) is 0 Å². The summed E-state index contributed by atoms with van der Waals surface area (Å²) < 4.78 is 5.55. The molecular weight excluding hydrogens is 342 g/mol. The topological polar surface area (TPSA) is 75.6 Å². The quantitative estimate of drug-likeness (QED) is 0.806. The Labute approximate surface area is 158 Å². The molecule has 1 saturated carbocycles. The summed E-state index contributed by atoms with van der Waals surface area (Å²) in [6.07, 6.45) is 1.23. The number of ether oxygens (including phenoxy) is 1. The number of alkyl carbamates (subject to hydrolysis) is 1. The van der Waals surface area contributed by atoms with Gasteiger partial charge in [-0.15, -0.1) is 0 Å². The maximum atomic E-state index is 12.4. The predicted octanol–water partition coefficient (Wildman–Crippen LogP) is 4.17. The number of rotatable bonds is 6. The van der Waals surface area contributed by atoms with E-state index in [1.54, 1.807) is 6.92 Å². The van der Waals surface area contributed by atoms with E-state index in [0.717, 1.165) is 24.0 Å². The Morgan fingerprint density at radius 3 is 2.15 bits per heavy atom. The zero-order valence-electron chi connectivity index (χ0n) is 15.3. The van der Waals surface area contributed by atoms with E-state index < -0.39 is 17.6 Å². The molecule has 2 N–H and O–H groups in total. The Morgan fingerprint density at radius 1 is 1.07 bits per heavy atom. The van der Waals surface area contributed by atoms with Gasteiger partial charge in [0.05, 0.1) is 12.0 Å². The van der Waals surface area contributed by atoms with Crippen molar-refractivity contribution in [2.75, 3.05) is 6.61 Å². The largest absolute Gasteiger partial charge is 0.481 e. The van der Waals surface area contributed by atoms with Crippen molar-refractivity contribution in [1.82, 2.24) is 5.32 Å². The second kappa shape index (κ2) is 6.72. The molecule has 0 saturated heterocycles. The maximum absolute atomic E-state index is 12.4. The number of carboxylic acids is 1. The first kappa shape index (κ1) is 17.6. The molecule has 0 spiro atoms. The summed E-state index contributed by atoms with van der Waals surface area (Å²) in [5, 5.41) is 12.0. The van der Waals surface area contributed by atoms with Crippen LogP contribution in [-0.4, -0.2) is 29.3 Å². The average Bonchev–Trinajstić information content (AvgIpc) is 3.44. The van der Waals surface area contributed by atoms with Crippen molar-refractivity contribution in [3.05, 3.63) is 59.7 Å². The highest BCUT2D eigenvalue weighted by atomic mass is 16.5. The molecule has 140 valence electrons. The first-order valence-corrected chi connectivity index (χ1v) is 9.33. The minimum atomic E-state index is -0.914. The van der Waals surface area contributed by atoms with Crippen molar-refractivity contribution in [1.29, 1.82) is 0 Å². The molecule has 5 nitrogen and oxygen atoms in total. The Hall–Kier alpha value is -2.82. The van der Waals surface area contributed by atoms with Crippen LogP contribution in [0, 0.1) is 5.92 Å². The lowest BCUT2D eigenvalue weighted by molar-refractivity contribution is -0.138. The standard InChI is InChI=1S/C22H23NO4/c1-22(12-20(24)25,14-10-11-14)23-21(26)27-13-19-17-8-4-2-6-15(17)16-7-3-5-9-18(16)19/h2-9,14,19H,10-13H2,1H3,(H,23,26)(H,24,25). The molecule has 1 unspecified atom stereocenters. The van der Waals surface area contributed by atoms with Gasteiger partial charge in [-0.25, -0.2) is 4.79 Å². The lowest BCUT2D eigenvalue weighted by Crippen LogP contribution is -2.49. The van der Waals surface area contributed by atoms with E-state index in [4.69, 9.17) is 9.84 Å². The predicted molar refractivity (Wildman–Crippen MR) is 102 cm³/mol. The van der Waals surface area contributed by atoms with Gasteiger partial charge >= 0.3 is 12.1 Å². The molecule has 1 fully saturated rings. The lowest BCUT2D eigenvalue weighted by atomic mass is 9.92. The van der Waals surface area contributed by atoms with Crippen LogP contribution >= 0.6 is 0 Å². The number of aliphatic carboxylic acids is 1. The van der Waals surface area contributed by atoms with Gasteiger partial charge in [0.15, 0.2) is 0 Å². The zero-order valence-corrected chi connectivity index (χ0v) is 15.3. The normalized spacial score (nSPS) is 17.5. The number of carbonyl (C=O) groups is 2.